The molecule has 0 saturated carbocycles. The van der Waals surface area contributed by atoms with Crippen LogP contribution >= 0.6 is 0 Å². The molecule has 6 nitrogen and oxygen atoms in total. The van der Waals surface area contributed by atoms with Gasteiger partial charge in [0.15, 0.2) is 11.2 Å². The zero-order chi connectivity index (χ0) is 22.2. The van der Waals surface area contributed by atoms with Crippen LogP contribution in [0, 0.1) is 0 Å². The highest BCUT2D eigenvalue weighted by Gasteiger charge is 2.20. The third-order valence-corrected chi connectivity index (χ3v) is 4.67. The molecule has 0 bridgehead atoms. The van der Waals surface area contributed by atoms with Crippen molar-refractivity contribution in [3.05, 3.63) is 70.8 Å². The van der Waals surface area contributed by atoms with Gasteiger partial charge in [0.25, 0.3) is 0 Å². The fraction of sp³-hybridized carbons (Fsp3) is 0.200. The average Bonchev–Trinajstić information content (AvgIpc) is 3.19. The summed E-state index contributed by atoms with van der Waals surface area (Å²) >= 11 is 0. The number of methoxy groups -OCH3 is 1. The monoisotopic (exact) mass is 418 g/mol. The Morgan fingerprint density at radius 3 is 2.35 bits per heavy atom. The molecule has 158 valence electrons. The zero-order valence-electron chi connectivity index (χ0n) is 17.7. The van der Waals surface area contributed by atoms with Crippen molar-refractivity contribution in [3.63, 3.8) is 0 Å². The van der Waals surface area contributed by atoms with Gasteiger partial charge in [-0.2, -0.15) is 0 Å². The molecule has 0 unspecified atom stereocenters. The Hall–Kier alpha value is -3.80. The second kappa shape index (κ2) is 7.80. The van der Waals surface area contributed by atoms with E-state index in [1.54, 1.807) is 18.4 Å². The molecule has 0 radical (unpaired) electrons. The van der Waals surface area contributed by atoms with Gasteiger partial charge in [-0.15, -0.1) is 0 Å². The van der Waals surface area contributed by atoms with Crippen LogP contribution in [0.1, 0.15) is 26.3 Å². The summed E-state index contributed by atoms with van der Waals surface area (Å²) in [6, 6.07) is 12.6. The van der Waals surface area contributed by atoms with E-state index in [4.69, 9.17) is 18.3 Å². The zero-order valence-corrected chi connectivity index (χ0v) is 17.7. The molecular formula is C25H22O6. The molecule has 2 aromatic carbocycles. The molecule has 0 atom stereocenters. The minimum atomic E-state index is -0.536. The van der Waals surface area contributed by atoms with E-state index in [2.05, 4.69) is 0 Å². The Morgan fingerprint density at radius 2 is 1.68 bits per heavy atom. The Bertz CT molecular complexity index is 1350. The van der Waals surface area contributed by atoms with Crippen LogP contribution in [-0.2, 0) is 9.53 Å². The summed E-state index contributed by atoms with van der Waals surface area (Å²) in [6.07, 6.45) is 4.69. The van der Waals surface area contributed by atoms with E-state index in [9.17, 15) is 9.59 Å². The predicted molar refractivity (Wildman–Crippen MR) is 119 cm³/mol. The number of hydrogen-bond acceptors (Lipinski definition) is 6. The lowest BCUT2D eigenvalue weighted by Gasteiger charge is -2.17. The number of furan rings is 1. The highest BCUT2D eigenvalue weighted by molar-refractivity contribution is 6.13. The second-order valence-corrected chi connectivity index (χ2v) is 8.06. The maximum absolute atomic E-state index is 11.9. The van der Waals surface area contributed by atoms with Gasteiger partial charge in [0, 0.05) is 28.5 Å². The molecule has 0 aliphatic carbocycles. The molecule has 0 aliphatic rings. The van der Waals surface area contributed by atoms with Crippen molar-refractivity contribution in [1.29, 1.82) is 0 Å². The molecule has 0 N–H and O–H groups in total. The van der Waals surface area contributed by atoms with E-state index in [1.807, 2.05) is 51.1 Å². The number of ether oxygens (including phenoxy) is 2. The standard InChI is InChI=1S/C25H22O6/c1-25(2,3)31-20(27)11-7-15-5-8-16(9-6-15)21-17-10-12-19(26)30-23(17)24(28-4)22-18(21)13-14-29-22/h5-14H,1-4H3/b11-7+. The van der Waals surface area contributed by atoms with Crippen molar-refractivity contribution < 1.29 is 23.1 Å². The molecule has 6 heteroatoms. The summed E-state index contributed by atoms with van der Waals surface area (Å²) in [4.78, 5) is 23.7. The lowest BCUT2D eigenvalue weighted by molar-refractivity contribution is -0.148. The summed E-state index contributed by atoms with van der Waals surface area (Å²) in [5.41, 5.74) is 2.46. The largest absolute Gasteiger partial charge is 0.490 e. The van der Waals surface area contributed by atoms with Crippen molar-refractivity contribution in [2.24, 2.45) is 0 Å². The topological polar surface area (TPSA) is 78.9 Å². The van der Waals surface area contributed by atoms with Crippen LogP contribution in [0.25, 0.3) is 39.1 Å². The smallest absolute Gasteiger partial charge is 0.336 e. The van der Waals surface area contributed by atoms with E-state index in [0.29, 0.717) is 16.9 Å². The minimum absolute atomic E-state index is 0.335. The van der Waals surface area contributed by atoms with Crippen LogP contribution in [-0.4, -0.2) is 18.7 Å². The molecule has 0 spiro atoms. The van der Waals surface area contributed by atoms with Crippen LogP contribution < -0.4 is 10.4 Å². The van der Waals surface area contributed by atoms with Crippen LogP contribution in [0.5, 0.6) is 5.75 Å². The number of benzene rings is 2. The number of hydrogen-bond donors (Lipinski definition) is 0. The van der Waals surface area contributed by atoms with Gasteiger partial charge < -0.3 is 18.3 Å². The summed E-state index contributed by atoms with van der Waals surface area (Å²) in [6.45, 7) is 5.47. The van der Waals surface area contributed by atoms with Crippen molar-refractivity contribution >= 4 is 34.0 Å². The number of esters is 1. The quantitative estimate of drug-likeness (QED) is 0.245. The van der Waals surface area contributed by atoms with Gasteiger partial charge in [0.1, 0.15) is 5.60 Å². The van der Waals surface area contributed by atoms with Crippen molar-refractivity contribution in [2.75, 3.05) is 7.11 Å². The van der Waals surface area contributed by atoms with E-state index in [0.717, 1.165) is 27.5 Å². The third kappa shape index (κ3) is 4.10. The highest BCUT2D eigenvalue weighted by atomic mass is 16.6. The fourth-order valence-electron chi connectivity index (χ4n) is 3.47. The lowest BCUT2D eigenvalue weighted by Crippen LogP contribution is -2.22. The molecule has 4 aromatic rings. The molecule has 4 rings (SSSR count). The number of fused-ring (bicyclic) bond motifs is 2. The molecule has 0 amide bonds. The predicted octanol–water partition coefficient (Wildman–Crippen LogP) is 5.57. The Labute approximate surface area is 178 Å². The van der Waals surface area contributed by atoms with Gasteiger partial charge in [0.2, 0.25) is 5.75 Å². The van der Waals surface area contributed by atoms with E-state index < -0.39 is 17.2 Å². The molecule has 31 heavy (non-hydrogen) atoms. The summed E-state index contributed by atoms with van der Waals surface area (Å²) in [7, 11) is 1.51. The second-order valence-electron chi connectivity index (χ2n) is 8.06. The number of carbonyl (C=O) groups excluding carboxylic acids is 1. The first-order valence-corrected chi connectivity index (χ1v) is 9.79. The van der Waals surface area contributed by atoms with Gasteiger partial charge >= 0.3 is 11.6 Å². The van der Waals surface area contributed by atoms with Gasteiger partial charge in [-0.05, 0) is 50.1 Å². The van der Waals surface area contributed by atoms with E-state index >= 15 is 0 Å². The number of rotatable bonds is 4. The maximum Gasteiger partial charge on any atom is 0.336 e. The van der Waals surface area contributed by atoms with Gasteiger partial charge in [-0.25, -0.2) is 9.59 Å². The Kier molecular flexibility index (Phi) is 5.15. The molecule has 2 aromatic heterocycles. The van der Waals surface area contributed by atoms with Crippen molar-refractivity contribution in [3.8, 4) is 16.9 Å². The molecular weight excluding hydrogens is 396 g/mol. The van der Waals surface area contributed by atoms with Crippen LogP contribution in [0.15, 0.2) is 68.4 Å². The van der Waals surface area contributed by atoms with E-state index in [-0.39, 0.29) is 0 Å². The minimum Gasteiger partial charge on any atom is -0.490 e. The van der Waals surface area contributed by atoms with E-state index in [1.165, 1.54) is 19.3 Å². The summed E-state index contributed by atoms with van der Waals surface area (Å²) in [5.74, 6) is -0.0128. The first kappa shape index (κ1) is 20.5. The molecule has 0 saturated heterocycles. The van der Waals surface area contributed by atoms with Crippen LogP contribution in [0.3, 0.4) is 0 Å². The Morgan fingerprint density at radius 1 is 0.968 bits per heavy atom. The van der Waals surface area contributed by atoms with Crippen molar-refractivity contribution in [2.45, 2.75) is 26.4 Å². The maximum atomic E-state index is 11.9. The normalized spacial score (nSPS) is 12.0. The molecule has 0 fully saturated rings. The number of carbonyl (C=O) groups is 1. The first-order valence-electron chi connectivity index (χ1n) is 9.79. The molecule has 2 heterocycles. The van der Waals surface area contributed by atoms with Crippen molar-refractivity contribution in [1.82, 2.24) is 0 Å². The summed E-state index contributed by atoms with van der Waals surface area (Å²) < 4.78 is 21.8. The first-order chi connectivity index (χ1) is 14.8. The average molecular weight is 418 g/mol. The SMILES string of the molecule is COc1c2occc2c(-c2ccc(/C=C/C(=O)OC(C)(C)C)cc2)c2ccc(=O)oc12. The summed E-state index contributed by atoms with van der Waals surface area (Å²) in [5, 5.41) is 1.58. The van der Waals surface area contributed by atoms with Gasteiger partial charge in [0.05, 0.1) is 13.4 Å². The highest BCUT2D eigenvalue weighted by Crippen LogP contribution is 2.43. The fourth-order valence-corrected chi connectivity index (χ4v) is 3.47. The van der Waals surface area contributed by atoms with Gasteiger partial charge in [-0.1, -0.05) is 24.3 Å². The lowest BCUT2D eigenvalue weighted by atomic mass is 9.96. The van der Waals surface area contributed by atoms with Crippen LogP contribution in [0.2, 0.25) is 0 Å². The Balaban J connectivity index is 1.78. The van der Waals surface area contributed by atoms with Crippen LogP contribution in [0.4, 0.5) is 0 Å². The third-order valence-electron chi connectivity index (χ3n) is 4.67. The molecule has 0 aliphatic heterocycles. The van der Waals surface area contributed by atoms with Gasteiger partial charge in [-0.3, -0.25) is 0 Å².